The van der Waals surface area contributed by atoms with Gasteiger partial charge in [-0.3, -0.25) is 0 Å². The Morgan fingerprint density at radius 1 is 1.21 bits per heavy atom. The number of benzene rings is 1. The van der Waals surface area contributed by atoms with Crippen molar-refractivity contribution in [3.05, 3.63) is 29.8 Å². The van der Waals surface area contributed by atoms with E-state index in [0.717, 1.165) is 17.6 Å². The van der Waals surface area contributed by atoms with Gasteiger partial charge in [-0.2, -0.15) is 0 Å². The molecule has 0 heterocycles. The maximum absolute atomic E-state index is 5.30. The minimum absolute atomic E-state index is 0.390. The Bertz CT molecular complexity index is 404. The Labute approximate surface area is 117 Å². The van der Waals surface area contributed by atoms with Gasteiger partial charge in [-0.15, -0.1) is 0 Å². The van der Waals surface area contributed by atoms with E-state index in [-0.39, 0.29) is 0 Å². The van der Waals surface area contributed by atoms with Crippen LogP contribution in [-0.4, -0.2) is 13.2 Å². The molecule has 1 aliphatic rings. The Kier molecular flexibility index (Phi) is 4.87. The van der Waals surface area contributed by atoms with Crippen molar-refractivity contribution in [3.63, 3.8) is 0 Å². The predicted molar refractivity (Wildman–Crippen MR) is 80.5 cm³/mol. The summed E-state index contributed by atoms with van der Waals surface area (Å²) in [5, 5.41) is 3.78. The molecule has 1 aromatic rings. The van der Waals surface area contributed by atoms with Crippen molar-refractivity contribution in [2.45, 2.75) is 52.1 Å². The summed E-state index contributed by atoms with van der Waals surface area (Å²) in [5.74, 6) is 2.66. The normalized spacial score (nSPS) is 28.9. The molecule has 1 saturated carbocycles. The molecule has 2 rings (SSSR count). The number of methoxy groups -OCH3 is 1. The van der Waals surface area contributed by atoms with Gasteiger partial charge < -0.3 is 10.1 Å². The Hall–Kier alpha value is -1.02. The van der Waals surface area contributed by atoms with Crippen molar-refractivity contribution in [2.24, 2.45) is 11.8 Å². The van der Waals surface area contributed by atoms with Crippen molar-refractivity contribution in [1.29, 1.82) is 0 Å². The first-order valence-corrected chi connectivity index (χ1v) is 7.50. The van der Waals surface area contributed by atoms with Crippen molar-refractivity contribution < 1.29 is 4.74 Å². The molecule has 0 bridgehead atoms. The van der Waals surface area contributed by atoms with Crippen LogP contribution in [0.15, 0.2) is 24.3 Å². The van der Waals surface area contributed by atoms with Crippen molar-refractivity contribution in [2.75, 3.05) is 7.11 Å². The van der Waals surface area contributed by atoms with Gasteiger partial charge in [-0.05, 0) is 55.7 Å². The van der Waals surface area contributed by atoms with Gasteiger partial charge in [0.1, 0.15) is 5.75 Å². The van der Waals surface area contributed by atoms with E-state index >= 15 is 0 Å². The molecule has 1 N–H and O–H groups in total. The number of nitrogens with one attached hydrogen (secondary N) is 1. The van der Waals surface area contributed by atoms with Crippen LogP contribution in [0.3, 0.4) is 0 Å². The van der Waals surface area contributed by atoms with Crippen LogP contribution in [0.25, 0.3) is 0 Å². The molecule has 2 heteroatoms. The first-order valence-electron chi connectivity index (χ1n) is 7.50. The highest BCUT2D eigenvalue weighted by Gasteiger charge is 2.25. The molecule has 4 atom stereocenters. The van der Waals surface area contributed by atoms with E-state index in [1.54, 1.807) is 7.11 Å². The zero-order valence-corrected chi connectivity index (χ0v) is 12.6. The second-order valence-electron chi connectivity index (χ2n) is 6.13. The molecular formula is C17H27NO. The highest BCUT2D eigenvalue weighted by Crippen LogP contribution is 2.30. The largest absolute Gasteiger partial charge is 0.497 e. The fourth-order valence-electron chi connectivity index (χ4n) is 3.06. The maximum atomic E-state index is 5.30. The Balaban J connectivity index is 1.95. The summed E-state index contributed by atoms with van der Waals surface area (Å²) in [6.45, 7) is 7.01. The highest BCUT2D eigenvalue weighted by molar-refractivity contribution is 5.30. The van der Waals surface area contributed by atoms with Crippen LogP contribution in [0.4, 0.5) is 0 Å². The molecule has 0 aliphatic heterocycles. The lowest BCUT2D eigenvalue weighted by molar-refractivity contribution is 0.217. The van der Waals surface area contributed by atoms with E-state index < -0.39 is 0 Å². The van der Waals surface area contributed by atoms with Crippen molar-refractivity contribution in [3.8, 4) is 5.75 Å². The van der Waals surface area contributed by atoms with Gasteiger partial charge in [0.25, 0.3) is 0 Å². The summed E-state index contributed by atoms with van der Waals surface area (Å²) < 4.78 is 5.30. The molecule has 1 aromatic carbocycles. The first kappa shape index (κ1) is 14.4. The van der Waals surface area contributed by atoms with Crippen LogP contribution in [0.5, 0.6) is 5.75 Å². The van der Waals surface area contributed by atoms with E-state index in [1.165, 1.54) is 24.8 Å². The van der Waals surface area contributed by atoms with Gasteiger partial charge in [0, 0.05) is 12.1 Å². The van der Waals surface area contributed by atoms with E-state index in [0.29, 0.717) is 12.1 Å². The maximum Gasteiger partial charge on any atom is 0.119 e. The van der Waals surface area contributed by atoms with Gasteiger partial charge >= 0.3 is 0 Å². The summed E-state index contributed by atoms with van der Waals surface area (Å²) in [6.07, 6.45) is 3.96. The standard InChI is InChI=1S/C17H27NO/c1-12-8-9-16(10-13(12)2)18-14(3)15-6-5-7-17(11-15)19-4/h5-7,11-14,16,18H,8-10H2,1-4H3/t12?,13?,14-,16?/m0/s1. The summed E-state index contributed by atoms with van der Waals surface area (Å²) in [6, 6.07) is 9.42. The molecule has 106 valence electrons. The summed E-state index contributed by atoms with van der Waals surface area (Å²) in [7, 11) is 1.72. The predicted octanol–water partition coefficient (Wildman–Crippen LogP) is 4.17. The minimum Gasteiger partial charge on any atom is -0.497 e. The third-order valence-corrected chi connectivity index (χ3v) is 4.68. The minimum atomic E-state index is 0.390. The molecule has 3 unspecified atom stereocenters. The fraction of sp³-hybridized carbons (Fsp3) is 0.647. The molecule has 1 fully saturated rings. The van der Waals surface area contributed by atoms with E-state index in [9.17, 15) is 0 Å². The number of ether oxygens (including phenoxy) is 1. The second kappa shape index (κ2) is 6.42. The lowest BCUT2D eigenvalue weighted by atomic mass is 9.79. The van der Waals surface area contributed by atoms with E-state index in [4.69, 9.17) is 4.74 Å². The molecule has 1 aliphatic carbocycles. The molecule has 0 spiro atoms. The monoisotopic (exact) mass is 261 g/mol. The molecular weight excluding hydrogens is 234 g/mol. The van der Waals surface area contributed by atoms with Gasteiger partial charge in [0.15, 0.2) is 0 Å². The first-order chi connectivity index (χ1) is 9.10. The molecule has 0 saturated heterocycles. The SMILES string of the molecule is COc1cccc([C@H](C)NC2CCC(C)C(C)C2)c1. The zero-order valence-electron chi connectivity index (χ0n) is 12.6. The van der Waals surface area contributed by atoms with Crippen LogP contribution in [0.1, 0.15) is 51.6 Å². The smallest absolute Gasteiger partial charge is 0.119 e. The van der Waals surface area contributed by atoms with Crippen LogP contribution < -0.4 is 10.1 Å². The quantitative estimate of drug-likeness (QED) is 0.878. The van der Waals surface area contributed by atoms with Crippen LogP contribution in [0, 0.1) is 11.8 Å². The Morgan fingerprint density at radius 3 is 2.68 bits per heavy atom. The fourth-order valence-corrected chi connectivity index (χ4v) is 3.06. The number of hydrogen-bond donors (Lipinski definition) is 1. The third kappa shape index (κ3) is 3.73. The van der Waals surface area contributed by atoms with Crippen LogP contribution >= 0.6 is 0 Å². The van der Waals surface area contributed by atoms with Gasteiger partial charge in [0.2, 0.25) is 0 Å². The van der Waals surface area contributed by atoms with Gasteiger partial charge in [-0.1, -0.05) is 26.0 Å². The molecule has 0 aromatic heterocycles. The van der Waals surface area contributed by atoms with Crippen LogP contribution in [-0.2, 0) is 0 Å². The molecule has 2 nitrogen and oxygen atoms in total. The zero-order chi connectivity index (χ0) is 13.8. The topological polar surface area (TPSA) is 21.3 Å². The Morgan fingerprint density at radius 2 is 2.00 bits per heavy atom. The average Bonchev–Trinajstić information content (AvgIpc) is 2.43. The van der Waals surface area contributed by atoms with Crippen molar-refractivity contribution in [1.82, 2.24) is 5.32 Å². The second-order valence-corrected chi connectivity index (χ2v) is 6.13. The van der Waals surface area contributed by atoms with Gasteiger partial charge in [0.05, 0.1) is 7.11 Å². The average molecular weight is 261 g/mol. The van der Waals surface area contributed by atoms with E-state index in [1.807, 2.05) is 6.07 Å². The lowest BCUT2D eigenvalue weighted by Gasteiger charge is -2.34. The molecule has 0 radical (unpaired) electrons. The van der Waals surface area contributed by atoms with Crippen LogP contribution in [0.2, 0.25) is 0 Å². The molecule has 19 heavy (non-hydrogen) atoms. The highest BCUT2D eigenvalue weighted by atomic mass is 16.5. The number of hydrogen-bond acceptors (Lipinski definition) is 2. The summed E-state index contributed by atoms with van der Waals surface area (Å²) in [4.78, 5) is 0. The van der Waals surface area contributed by atoms with Crippen molar-refractivity contribution >= 4 is 0 Å². The van der Waals surface area contributed by atoms with E-state index in [2.05, 4.69) is 44.3 Å². The van der Waals surface area contributed by atoms with Gasteiger partial charge in [-0.25, -0.2) is 0 Å². The lowest BCUT2D eigenvalue weighted by Crippen LogP contribution is -2.37. The summed E-state index contributed by atoms with van der Waals surface area (Å²) >= 11 is 0. The number of rotatable bonds is 4. The molecule has 0 amide bonds. The third-order valence-electron chi connectivity index (χ3n) is 4.68. The summed E-state index contributed by atoms with van der Waals surface area (Å²) in [5.41, 5.74) is 1.31.